The molecule has 0 unspecified atom stereocenters. The van der Waals surface area contributed by atoms with E-state index in [1.807, 2.05) is 36.1 Å². The van der Waals surface area contributed by atoms with Crippen LogP contribution in [0.1, 0.15) is 25.3 Å². The quantitative estimate of drug-likeness (QED) is 0.811. The molecule has 4 nitrogen and oxygen atoms in total. The lowest BCUT2D eigenvalue weighted by molar-refractivity contribution is -0.133. The maximum Gasteiger partial charge on any atom is 0.260 e. The van der Waals surface area contributed by atoms with Gasteiger partial charge in [0.15, 0.2) is 6.61 Å². The van der Waals surface area contributed by atoms with Crippen LogP contribution in [0.2, 0.25) is 0 Å². The Morgan fingerprint density at radius 1 is 1.47 bits per heavy atom. The first-order chi connectivity index (χ1) is 9.24. The number of likely N-dealkylation sites (N-methyl/N-ethyl adjacent to an activating group) is 1. The van der Waals surface area contributed by atoms with E-state index < -0.39 is 0 Å². The first-order valence-electron chi connectivity index (χ1n) is 6.96. The third-order valence-electron chi connectivity index (χ3n) is 3.34. The zero-order valence-corrected chi connectivity index (χ0v) is 11.5. The van der Waals surface area contributed by atoms with Gasteiger partial charge in [-0.05, 0) is 50.4 Å². The third-order valence-corrected chi connectivity index (χ3v) is 3.34. The van der Waals surface area contributed by atoms with Crippen LogP contribution in [-0.2, 0) is 11.2 Å². The van der Waals surface area contributed by atoms with Gasteiger partial charge >= 0.3 is 0 Å². The summed E-state index contributed by atoms with van der Waals surface area (Å²) in [6.07, 6.45) is 3.09. The van der Waals surface area contributed by atoms with E-state index >= 15 is 0 Å². The Morgan fingerprint density at radius 3 is 2.89 bits per heavy atom. The predicted octanol–water partition coefficient (Wildman–Crippen LogP) is 1.58. The highest BCUT2D eigenvalue weighted by molar-refractivity contribution is 5.78. The van der Waals surface area contributed by atoms with Crippen molar-refractivity contribution in [3.63, 3.8) is 0 Å². The van der Waals surface area contributed by atoms with Crippen molar-refractivity contribution >= 4 is 5.91 Å². The van der Waals surface area contributed by atoms with Gasteiger partial charge in [0.2, 0.25) is 0 Å². The predicted molar refractivity (Wildman–Crippen MR) is 75.1 cm³/mol. The minimum atomic E-state index is 0.0780. The summed E-state index contributed by atoms with van der Waals surface area (Å²) >= 11 is 0. The molecule has 2 rings (SSSR count). The van der Waals surface area contributed by atoms with Gasteiger partial charge < -0.3 is 15.4 Å². The van der Waals surface area contributed by atoms with Gasteiger partial charge in [-0.3, -0.25) is 4.79 Å². The van der Waals surface area contributed by atoms with Crippen molar-refractivity contribution < 1.29 is 9.53 Å². The van der Waals surface area contributed by atoms with Crippen molar-refractivity contribution in [1.29, 1.82) is 0 Å². The van der Waals surface area contributed by atoms with Gasteiger partial charge in [0.25, 0.3) is 5.91 Å². The number of rotatable bonds is 7. The largest absolute Gasteiger partial charge is 0.484 e. The van der Waals surface area contributed by atoms with Crippen LogP contribution >= 0.6 is 0 Å². The molecule has 1 fully saturated rings. The molecule has 1 aliphatic rings. The minimum Gasteiger partial charge on any atom is -0.484 e. The molecule has 104 valence electrons. The molecule has 0 radical (unpaired) electrons. The summed E-state index contributed by atoms with van der Waals surface area (Å²) in [7, 11) is 0. The topological polar surface area (TPSA) is 55.6 Å². The summed E-state index contributed by atoms with van der Waals surface area (Å²) in [5.41, 5.74) is 6.67. The molecule has 4 heteroatoms. The Balaban J connectivity index is 1.87. The zero-order valence-electron chi connectivity index (χ0n) is 11.5. The summed E-state index contributed by atoms with van der Waals surface area (Å²) in [5, 5.41) is 0. The van der Waals surface area contributed by atoms with E-state index in [2.05, 4.69) is 0 Å². The molecule has 1 amide bonds. The Morgan fingerprint density at radius 2 is 2.26 bits per heavy atom. The van der Waals surface area contributed by atoms with Crippen LogP contribution in [-0.4, -0.2) is 36.5 Å². The average molecular weight is 262 g/mol. The first-order valence-corrected chi connectivity index (χ1v) is 6.96. The fraction of sp³-hybridized carbons (Fsp3) is 0.533. The summed E-state index contributed by atoms with van der Waals surface area (Å²) in [4.78, 5) is 13.9. The van der Waals surface area contributed by atoms with E-state index in [9.17, 15) is 4.79 Å². The maximum atomic E-state index is 12.0. The number of hydrogen-bond acceptors (Lipinski definition) is 3. The summed E-state index contributed by atoms with van der Waals surface area (Å²) in [5.74, 6) is 0.820. The van der Waals surface area contributed by atoms with Gasteiger partial charge in [-0.15, -0.1) is 0 Å². The number of nitrogens with two attached hydrogens (primary N) is 1. The van der Waals surface area contributed by atoms with E-state index in [1.54, 1.807) is 0 Å². The van der Waals surface area contributed by atoms with Crippen molar-refractivity contribution in [3.8, 4) is 5.75 Å². The molecule has 1 aliphatic carbocycles. The fourth-order valence-electron chi connectivity index (χ4n) is 2.21. The average Bonchev–Trinajstić information content (AvgIpc) is 3.23. The Hall–Kier alpha value is -1.55. The molecule has 0 aromatic heterocycles. The molecular weight excluding hydrogens is 240 g/mol. The third kappa shape index (κ3) is 3.96. The van der Waals surface area contributed by atoms with Crippen molar-refractivity contribution in [3.05, 3.63) is 29.8 Å². The molecule has 0 saturated heterocycles. The van der Waals surface area contributed by atoms with Crippen LogP contribution < -0.4 is 10.5 Å². The maximum absolute atomic E-state index is 12.0. The molecule has 1 aromatic rings. The van der Waals surface area contributed by atoms with Crippen molar-refractivity contribution in [2.75, 3.05) is 19.7 Å². The SMILES string of the molecule is CCN(C(=O)COc1cccc(CCN)c1)C1CC1. The molecule has 1 saturated carbocycles. The number of benzene rings is 1. The standard InChI is InChI=1S/C15H22N2O2/c1-2-17(13-6-7-13)15(18)11-19-14-5-3-4-12(10-14)8-9-16/h3-5,10,13H,2,6-9,11,16H2,1H3. The number of hydrogen-bond donors (Lipinski definition) is 1. The van der Waals surface area contributed by atoms with Crippen LogP contribution in [0.3, 0.4) is 0 Å². The lowest BCUT2D eigenvalue weighted by Gasteiger charge is -2.20. The highest BCUT2D eigenvalue weighted by Crippen LogP contribution is 2.26. The monoisotopic (exact) mass is 262 g/mol. The lowest BCUT2D eigenvalue weighted by atomic mass is 10.1. The molecule has 1 aromatic carbocycles. The molecule has 0 heterocycles. The number of ether oxygens (including phenoxy) is 1. The van der Waals surface area contributed by atoms with Crippen LogP contribution in [0.5, 0.6) is 5.75 Å². The Kier molecular flexibility index (Phi) is 4.80. The highest BCUT2D eigenvalue weighted by atomic mass is 16.5. The summed E-state index contributed by atoms with van der Waals surface area (Å²) < 4.78 is 5.58. The number of amides is 1. The molecule has 0 aliphatic heterocycles. The normalized spacial score (nSPS) is 14.2. The van der Waals surface area contributed by atoms with Crippen molar-refractivity contribution in [2.24, 2.45) is 5.73 Å². The number of carbonyl (C=O) groups is 1. The molecule has 2 N–H and O–H groups in total. The van der Waals surface area contributed by atoms with Gasteiger partial charge in [-0.2, -0.15) is 0 Å². The van der Waals surface area contributed by atoms with E-state index in [1.165, 1.54) is 0 Å². The van der Waals surface area contributed by atoms with Crippen LogP contribution in [0, 0.1) is 0 Å². The molecule has 19 heavy (non-hydrogen) atoms. The Bertz CT molecular complexity index is 430. The minimum absolute atomic E-state index is 0.0780. The van der Waals surface area contributed by atoms with Crippen LogP contribution in [0.25, 0.3) is 0 Å². The second-order valence-corrected chi connectivity index (χ2v) is 4.89. The van der Waals surface area contributed by atoms with Crippen molar-refractivity contribution in [2.45, 2.75) is 32.2 Å². The first kappa shape index (κ1) is 13.9. The van der Waals surface area contributed by atoms with E-state index in [-0.39, 0.29) is 12.5 Å². The zero-order chi connectivity index (χ0) is 13.7. The van der Waals surface area contributed by atoms with Gasteiger partial charge in [-0.1, -0.05) is 12.1 Å². The van der Waals surface area contributed by atoms with Crippen LogP contribution in [0.4, 0.5) is 0 Å². The molecule has 0 atom stereocenters. The van der Waals surface area contributed by atoms with Crippen molar-refractivity contribution in [1.82, 2.24) is 4.90 Å². The van der Waals surface area contributed by atoms with Gasteiger partial charge in [0.1, 0.15) is 5.75 Å². The van der Waals surface area contributed by atoms with Gasteiger partial charge in [0, 0.05) is 12.6 Å². The van der Waals surface area contributed by atoms with E-state index in [0.29, 0.717) is 12.6 Å². The van der Waals surface area contributed by atoms with Crippen LogP contribution in [0.15, 0.2) is 24.3 Å². The number of carbonyl (C=O) groups excluding carboxylic acids is 1. The second kappa shape index (κ2) is 6.57. The van der Waals surface area contributed by atoms with Gasteiger partial charge in [-0.25, -0.2) is 0 Å². The number of nitrogens with zero attached hydrogens (tertiary/aromatic N) is 1. The van der Waals surface area contributed by atoms with E-state index in [0.717, 1.165) is 37.1 Å². The van der Waals surface area contributed by atoms with Gasteiger partial charge in [0.05, 0.1) is 0 Å². The fourth-order valence-corrected chi connectivity index (χ4v) is 2.21. The van der Waals surface area contributed by atoms with E-state index in [4.69, 9.17) is 10.5 Å². The lowest BCUT2D eigenvalue weighted by Crippen LogP contribution is -2.36. The highest BCUT2D eigenvalue weighted by Gasteiger charge is 2.31. The smallest absolute Gasteiger partial charge is 0.260 e. The molecule has 0 spiro atoms. The summed E-state index contributed by atoms with van der Waals surface area (Å²) in [6, 6.07) is 8.23. The molecular formula is C15H22N2O2. The second-order valence-electron chi connectivity index (χ2n) is 4.89. The molecule has 0 bridgehead atoms. The Labute approximate surface area is 114 Å². The summed E-state index contributed by atoms with van der Waals surface area (Å²) in [6.45, 7) is 3.52.